The Balaban J connectivity index is 1.58. The summed E-state index contributed by atoms with van der Waals surface area (Å²) < 4.78 is 24.2. The number of Topliss-reactive ketones (excluding diaryl/α,β-unsaturated/α-hetero) is 1. The number of aryl methyl sites for hydroxylation is 1. The van der Waals surface area contributed by atoms with Crippen LogP contribution in [0.25, 0.3) is 0 Å². The standard InChI is InChI=1S/C29H28FNO5/c1-35-17-16-31-27(22-8-5-9-24(18-22)36-19-21-10-13-23(30)14-11-21)26(28(33)29(31)34)25(32)15-12-20-6-3-2-4-7-20/h2-11,13-14,18,27,33H,12,15-17,19H2,1H3. The Labute approximate surface area is 209 Å². The summed E-state index contributed by atoms with van der Waals surface area (Å²) in [7, 11) is 1.53. The number of ketones is 1. The summed E-state index contributed by atoms with van der Waals surface area (Å²) in [5.74, 6) is -1.20. The molecule has 1 unspecified atom stereocenters. The summed E-state index contributed by atoms with van der Waals surface area (Å²) in [6, 6.07) is 21.9. The Morgan fingerprint density at radius 3 is 2.47 bits per heavy atom. The number of carbonyl (C=O) groups is 2. The number of benzene rings is 3. The Hall–Kier alpha value is -3.97. The number of rotatable bonds is 11. The molecule has 1 aliphatic rings. The normalized spacial score (nSPS) is 15.4. The molecule has 0 spiro atoms. The number of hydrogen-bond donors (Lipinski definition) is 1. The third-order valence-corrected chi connectivity index (χ3v) is 6.12. The Morgan fingerprint density at radius 2 is 1.75 bits per heavy atom. The molecule has 4 rings (SSSR count). The van der Waals surface area contributed by atoms with Crippen LogP contribution in [0, 0.1) is 5.82 Å². The minimum absolute atomic E-state index is 0.0859. The van der Waals surface area contributed by atoms with Crippen molar-refractivity contribution in [3.05, 3.63) is 113 Å². The summed E-state index contributed by atoms with van der Waals surface area (Å²) in [6.45, 7) is 0.687. The summed E-state index contributed by atoms with van der Waals surface area (Å²) >= 11 is 0. The minimum Gasteiger partial charge on any atom is -0.503 e. The number of aliphatic hydroxyl groups is 1. The van der Waals surface area contributed by atoms with Crippen LogP contribution in [0.4, 0.5) is 4.39 Å². The van der Waals surface area contributed by atoms with Crippen LogP contribution in [0.1, 0.15) is 29.2 Å². The molecule has 0 saturated carbocycles. The van der Waals surface area contributed by atoms with E-state index in [-0.39, 0.29) is 43.4 Å². The molecule has 1 N–H and O–H groups in total. The van der Waals surface area contributed by atoms with Gasteiger partial charge in [0, 0.05) is 20.1 Å². The third kappa shape index (κ3) is 5.80. The zero-order chi connectivity index (χ0) is 25.5. The summed E-state index contributed by atoms with van der Waals surface area (Å²) in [6.07, 6.45) is 0.655. The Kier molecular flexibility index (Phi) is 8.13. The summed E-state index contributed by atoms with van der Waals surface area (Å²) in [4.78, 5) is 27.7. The zero-order valence-corrected chi connectivity index (χ0v) is 20.0. The maximum Gasteiger partial charge on any atom is 0.290 e. The number of ether oxygens (including phenoxy) is 2. The lowest BCUT2D eigenvalue weighted by molar-refractivity contribution is -0.130. The molecule has 6 nitrogen and oxygen atoms in total. The van der Waals surface area contributed by atoms with Gasteiger partial charge in [0.2, 0.25) is 0 Å². The van der Waals surface area contributed by atoms with Gasteiger partial charge in [-0.25, -0.2) is 4.39 Å². The van der Waals surface area contributed by atoms with Crippen molar-refractivity contribution < 1.29 is 28.6 Å². The quantitative estimate of drug-likeness (QED) is 0.413. The Morgan fingerprint density at radius 1 is 1.00 bits per heavy atom. The van der Waals surface area contributed by atoms with Crippen molar-refractivity contribution in [2.24, 2.45) is 0 Å². The molecule has 1 atom stereocenters. The van der Waals surface area contributed by atoms with Gasteiger partial charge >= 0.3 is 0 Å². The highest BCUT2D eigenvalue weighted by atomic mass is 19.1. The van der Waals surface area contributed by atoms with Gasteiger partial charge in [0.25, 0.3) is 5.91 Å². The predicted octanol–water partition coefficient (Wildman–Crippen LogP) is 4.95. The van der Waals surface area contributed by atoms with Crippen molar-refractivity contribution in [2.45, 2.75) is 25.5 Å². The molecule has 3 aromatic rings. The van der Waals surface area contributed by atoms with Crippen LogP contribution in [0.5, 0.6) is 5.75 Å². The number of carbonyl (C=O) groups excluding carboxylic acids is 2. The first-order chi connectivity index (χ1) is 17.5. The number of amides is 1. The van der Waals surface area contributed by atoms with Crippen LogP contribution in [0.15, 0.2) is 90.2 Å². The lowest BCUT2D eigenvalue weighted by Crippen LogP contribution is -2.34. The van der Waals surface area contributed by atoms with Gasteiger partial charge in [-0.1, -0.05) is 54.6 Å². The molecular weight excluding hydrogens is 461 g/mol. The lowest BCUT2D eigenvalue weighted by atomic mass is 9.93. The molecular formula is C29H28FNO5. The van der Waals surface area contributed by atoms with Gasteiger partial charge in [0.1, 0.15) is 18.2 Å². The average molecular weight is 490 g/mol. The van der Waals surface area contributed by atoms with E-state index in [0.717, 1.165) is 11.1 Å². The van der Waals surface area contributed by atoms with Crippen molar-refractivity contribution >= 4 is 11.7 Å². The summed E-state index contributed by atoms with van der Waals surface area (Å²) in [5.41, 5.74) is 2.53. The molecule has 0 aromatic heterocycles. The molecule has 186 valence electrons. The fourth-order valence-corrected chi connectivity index (χ4v) is 4.26. The molecule has 1 aliphatic heterocycles. The van der Waals surface area contributed by atoms with Gasteiger partial charge in [-0.3, -0.25) is 9.59 Å². The highest BCUT2D eigenvalue weighted by molar-refractivity contribution is 6.09. The molecule has 7 heteroatoms. The smallest absolute Gasteiger partial charge is 0.290 e. The molecule has 36 heavy (non-hydrogen) atoms. The van der Waals surface area contributed by atoms with E-state index >= 15 is 0 Å². The van der Waals surface area contributed by atoms with E-state index < -0.39 is 17.7 Å². The second-order valence-corrected chi connectivity index (χ2v) is 8.55. The summed E-state index contributed by atoms with van der Waals surface area (Å²) in [5, 5.41) is 10.7. The highest BCUT2D eigenvalue weighted by Gasteiger charge is 2.43. The molecule has 1 heterocycles. The first-order valence-corrected chi connectivity index (χ1v) is 11.8. The predicted molar refractivity (Wildman–Crippen MR) is 133 cm³/mol. The van der Waals surface area contributed by atoms with E-state index in [1.807, 2.05) is 30.3 Å². The van der Waals surface area contributed by atoms with Crippen LogP contribution in [0.3, 0.4) is 0 Å². The minimum atomic E-state index is -0.759. The van der Waals surface area contributed by atoms with Gasteiger partial charge in [-0.2, -0.15) is 0 Å². The molecule has 3 aromatic carbocycles. The number of methoxy groups -OCH3 is 1. The number of aliphatic hydroxyl groups excluding tert-OH is 1. The van der Waals surface area contributed by atoms with E-state index in [4.69, 9.17) is 9.47 Å². The first-order valence-electron chi connectivity index (χ1n) is 11.8. The SMILES string of the molecule is COCCN1C(=O)C(O)=C(C(=O)CCc2ccccc2)C1c1cccc(OCc2ccc(F)cc2)c1. The van der Waals surface area contributed by atoms with Crippen molar-refractivity contribution in [3.8, 4) is 5.75 Å². The van der Waals surface area contributed by atoms with E-state index in [2.05, 4.69) is 0 Å². The first kappa shape index (κ1) is 25.1. The van der Waals surface area contributed by atoms with Crippen LogP contribution in [-0.4, -0.2) is 42.0 Å². The second-order valence-electron chi connectivity index (χ2n) is 8.55. The largest absolute Gasteiger partial charge is 0.503 e. The second kappa shape index (κ2) is 11.6. The topological polar surface area (TPSA) is 76.1 Å². The van der Waals surface area contributed by atoms with Crippen LogP contribution >= 0.6 is 0 Å². The maximum absolute atomic E-state index is 13.3. The molecule has 0 fully saturated rings. The van der Waals surface area contributed by atoms with E-state index in [1.54, 1.807) is 36.4 Å². The van der Waals surface area contributed by atoms with Crippen molar-refractivity contribution in [1.29, 1.82) is 0 Å². The number of nitrogens with zero attached hydrogens (tertiary/aromatic N) is 1. The van der Waals surface area contributed by atoms with Crippen LogP contribution < -0.4 is 4.74 Å². The Bertz CT molecular complexity index is 1240. The van der Waals surface area contributed by atoms with Gasteiger partial charge in [0.15, 0.2) is 11.5 Å². The fourth-order valence-electron chi connectivity index (χ4n) is 4.26. The highest BCUT2D eigenvalue weighted by Crippen LogP contribution is 2.39. The monoisotopic (exact) mass is 489 g/mol. The number of hydrogen-bond acceptors (Lipinski definition) is 5. The molecule has 1 amide bonds. The zero-order valence-electron chi connectivity index (χ0n) is 20.0. The molecule has 0 bridgehead atoms. The molecule has 0 radical (unpaired) electrons. The van der Waals surface area contributed by atoms with Gasteiger partial charge in [0.05, 0.1) is 18.2 Å². The van der Waals surface area contributed by atoms with E-state index in [9.17, 15) is 19.1 Å². The van der Waals surface area contributed by atoms with Crippen LogP contribution in [-0.2, 0) is 27.4 Å². The van der Waals surface area contributed by atoms with Gasteiger partial charge < -0.3 is 19.5 Å². The third-order valence-electron chi connectivity index (χ3n) is 6.12. The van der Waals surface area contributed by atoms with Crippen molar-refractivity contribution in [1.82, 2.24) is 4.90 Å². The van der Waals surface area contributed by atoms with Gasteiger partial charge in [-0.15, -0.1) is 0 Å². The van der Waals surface area contributed by atoms with E-state index in [0.29, 0.717) is 17.7 Å². The van der Waals surface area contributed by atoms with Crippen molar-refractivity contribution in [2.75, 3.05) is 20.3 Å². The number of halogens is 1. The maximum atomic E-state index is 13.3. The average Bonchev–Trinajstić information content (AvgIpc) is 3.16. The molecule has 0 aliphatic carbocycles. The van der Waals surface area contributed by atoms with E-state index in [1.165, 1.54) is 24.1 Å². The van der Waals surface area contributed by atoms with Gasteiger partial charge in [-0.05, 0) is 47.4 Å². The lowest BCUT2D eigenvalue weighted by Gasteiger charge is -2.27. The fraction of sp³-hybridized carbons (Fsp3) is 0.241. The molecule has 0 saturated heterocycles. The van der Waals surface area contributed by atoms with Crippen molar-refractivity contribution in [3.63, 3.8) is 0 Å². The van der Waals surface area contributed by atoms with Crippen LogP contribution in [0.2, 0.25) is 0 Å².